The minimum atomic E-state index is -1.11. The summed E-state index contributed by atoms with van der Waals surface area (Å²) < 4.78 is 1.71. The molecule has 0 saturated carbocycles. The maximum absolute atomic E-state index is 12.9. The third kappa shape index (κ3) is 5.16. The predicted molar refractivity (Wildman–Crippen MR) is 99.3 cm³/mol. The number of aliphatic carboxylic acids is 1. The van der Waals surface area contributed by atoms with E-state index in [-0.39, 0.29) is 19.0 Å². The first kappa shape index (κ1) is 20.2. The van der Waals surface area contributed by atoms with Gasteiger partial charge >= 0.3 is 5.97 Å². The molecule has 0 aliphatic rings. The molecule has 0 saturated heterocycles. The van der Waals surface area contributed by atoms with Crippen molar-refractivity contribution < 1.29 is 19.5 Å². The normalized spacial score (nSPS) is 11.7. The molecule has 1 aromatic carbocycles. The first-order valence-electron chi connectivity index (χ1n) is 8.65. The van der Waals surface area contributed by atoms with Crippen molar-refractivity contribution in [3.8, 4) is 0 Å². The zero-order chi connectivity index (χ0) is 20.0. The van der Waals surface area contributed by atoms with Crippen LogP contribution in [0.1, 0.15) is 35.5 Å². The van der Waals surface area contributed by atoms with Gasteiger partial charge in [-0.15, -0.1) is 0 Å². The lowest BCUT2D eigenvalue weighted by atomic mass is 10.1. The van der Waals surface area contributed by atoms with Crippen LogP contribution in [0.25, 0.3) is 0 Å². The fraction of sp³-hybridized carbons (Fsp3) is 0.368. The second-order valence-corrected chi connectivity index (χ2v) is 6.28. The minimum Gasteiger partial charge on any atom is -0.480 e. The second kappa shape index (κ2) is 8.98. The van der Waals surface area contributed by atoms with Gasteiger partial charge in [0.05, 0.1) is 18.3 Å². The van der Waals surface area contributed by atoms with Crippen molar-refractivity contribution in [3.05, 3.63) is 53.3 Å². The molecule has 2 amide bonds. The van der Waals surface area contributed by atoms with Gasteiger partial charge in [0.25, 0.3) is 5.91 Å². The van der Waals surface area contributed by atoms with Crippen LogP contribution in [0.3, 0.4) is 0 Å². The molecule has 0 fully saturated rings. The van der Waals surface area contributed by atoms with Crippen LogP contribution >= 0.6 is 0 Å². The molecule has 8 heteroatoms. The molecule has 1 unspecified atom stereocenters. The van der Waals surface area contributed by atoms with Crippen molar-refractivity contribution in [3.63, 3.8) is 0 Å². The van der Waals surface area contributed by atoms with E-state index >= 15 is 0 Å². The summed E-state index contributed by atoms with van der Waals surface area (Å²) in [4.78, 5) is 36.6. The van der Waals surface area contributed by atoms with Crippen LogP contribution in [0.4, 0.5) is 0 Å². The van der Waals surface area contributed by atoms with Gasteiger partial charge in [-0.3, -0.25) is 14.3 Å². The third-order valence-electron chi connectivity index (χ3n) is 4.32. The fourth-order valence-electron chi connectivity index (χ4n) is 2.68. The van der Waals surface area contributed by atoms with Crippen LogP contribution in [-0.4, -0.2) is 56.7 Å². The fourth-order valence-corrected chi connectivity index (χ4v) is 2.68. The van der Waals surface area contributed by atoms with Crippen molar-refractivity contribution in [1.82, 2.24) is 20.0 Å². The largest absolute Gasteiger partial charge is 0.480 e. The summed E-state index contributed by atoms with van der Waals surface area (Å²) in [5, 5.41) is 16.2. The van der Waals surface area contributed by atoms with Gasteiger partial charge in [-0.2, -0.15) is 5.10 Å². The van der Waals surface area contributed by atoms with E-state index in [9.17, 15) is 19.5 Å². The molecular weight excluding hydrogens is 348 g/mol. The number of hydrogen-bond acceptors (Lipinski definition) is 4. The van der Waals surface area contributed by atoms with E-state index in [1.165, 1.54) is 24.9 Å². The van der Waals surface area contributed by atoms with Gasteiger partial charge in [0.2, 0.25) is 5.91 Å². The SMILES string of the molecule is CC(=O)NCCN(C(=O)c1cnn(Cc2ccccc2)c1C)C(C)C(=O)O. The average Bonchev–Trinajstić information content (AvgIpc) is 2.99. The Balaban J connectivity index is 2.21. The topological polar surface area (TPSA) is 105 Å². The molecule has 0 aliphatic carbocycles. The Labute approximate surface area is 157 Å². The predicted octanol–water partition coefficient (Wildman–Crippen LogP) is 1.29. The van der Waals surface area contributed by atoms with Crippen LogP contribution in [0.5, 0.6) is 0 Å². The smallest absolute Gasteiger partial charge is 0.326 e. The summed E-state index contributed by atoms with van der Waals surface area (Å²) in [6.45, 7) is 5.37. The number of carboxylic acid groups (broad SMARTS) is 1. The van der Waals surface area contributed by atoms with Crippen LogP contribution in [0.2, 0.25) is 0 Å². The highest BCUT2D eigenvalue weighted by atomic mass is 16.4. The Morgan fingerprint density at radius 3 is 2.52 bits per heavy atom. The molecular formula is C19H24N4O4. The summed E-state index contributed by atoms with van der Waals surface area (Å²) >= 11 is 0. The van der Waals surface area contributed by atoms with Gasteiger partial charge in [0.1, 0.15) is 6.04 Å². The Hall–Kier alpha value is -3.16. The van der Waals surface area contributed by atoms with Crippen molar-refractivity contribution in [2.24, 2.45) is 0 Å². The molecule has 2 N–H and O–H groups in total. The van der Waals surface area contributed by atoms with E-state index in [4.69, 9.17) is 0 Å². The highest BCUT2D eigenvalue weighted by Gasteiger charge is 2.28. The number of hydrogen-bond donors (Lipinski definition) is 2. The van der Waals surface area contributed by atoms with E-state index < -0.39 is 17.9 Å². The number of carbonyl (C=O) groups is 3. The molecule has 1 aromatic heterocycles. The van der Waals surface area contributed by atoms with Gasteiger partial charge < -0.3 is 15.3 Å². The van der Waals surface area contributed by atoms with E-state index in [0.717, 1.165) is 5.56 Å². The summed E-state index contributed by atoms with van der Waals surface area (Å²) in [6.07, 6.45) is 1.46. The summed E-state index contributed by atoms with van der Waals surface area (Å²) in [6, 6.07) is 8.69. The van der Waals surface area contributed by atoms with Crippen LogP contribution in [0, 0.1) is 6.92 Å². The Bertz CT molecular complexity index is 816. The van der Waals surface area contributed by atoms with E-state index in [0.29, 0.717) is 17.8 Å². The Kier molecular flexibility index (Phi) is 6.70. The monoisotopic (exact) mass is 372 g/mol. The van der Waals surface area contributed by atoms with Crippen molar-refractivity contribution in [2.45, 2.75) is 33.4 Å². The molecule has 0 spiro atoms. The second-order valence-electron chi connectivity index (χ2n) is 6.28. The van der Waals surface area contributed by atoms with Crippen molar-refractivity contribution >= 4 is 17.8 Å². The Morgan fingerprint density at radius 2 is 1.93 bits per heavy atom. The summed E-state index contributed by atoms with van der Waals surface area (Å²) in [5.74, 6) is -1.77. The molecule has 1 atom stereocenters. The molecule has 0 aliphatic heterocycles. The number of carboxylic acids is 1. The van der Waals surface area contributed by atoms with E-state index in [2.05, 4.69) is 10.4 Å². The van der Waals surface area contributed by atoms with Crippen LogP contribution in [-0.2, 0) is 16.1 Å². The number of benzene rings is 1. The lowest BCUT2D eigenvalue weighted by Gasteiger charge is -2.26. The first-order chi connectivity index (χ1) is 12.8. The molecule has 2 rings (SSSR count). The lowest BCUT2D eigenvalue weighted by molar-refractivity contribution is -0.141. The molecule has 2 aromatic rings. The number of rotatable bonds is 8. The molecule has 0 bridgehead atoms. The van der Waals surface area contributed by atoms with Crippen molar-refractivity contribution in [2.75, 3.05) is 13.1 Å². The molecule has 144 valence electrons. The first-order valence-corrected chi connectivity index (χ1v) is 8.65. The Morgan fingerprint density at radius 1 is 1.26 bits per heavy atom. The number of nitrogens with zero attached hydrogens (tertiary/aromatic N) is 3. The van der Waals surface area contributed by atoms with E-state index in [1.807, 2.05) is 30.3 Å². The minimum absolute atomic E-state index is 0.0924. The standard InChI is InChI=1S/C19H24N4O4/c1-13-17(11-21-23(13)12-16-7-5-4-6-8-16)18(25)22(14(2)19(26)27)10-9-20-15(3)24/h4-8,11,14H,9-10,12H2,1-3H3,(H,20,24)(H,26,27). The highest BCUT2D eigenvalue weighted by Crippen LogP contribution is 2.15. The van der Waals surface area contributed by atoms with Crippen molar-refractivity contribution in [1.29, 1.82) is 0 Å². The molecule has 8 nitrogen and oxygen atoms in total. The lowest BCUT2D eigenvalue weighted by Crippen LogP contribution is -2.46. The summed E-state index contributed by atoms with van der Waals surface area (Å²) in [7, 11) is 0. The number of amides is 2. The van der Waals surface area contributed by atoms with Gasteiger partial charge in [0, 0.05) is 25.7 Å². The average molecular weight is 372 g/mol. The van der Waals surface area contributed by atoms with Gasteiger partial charge in [-0.25, -0.2) is 4.79 Å². The zero-order valence-electron chi connectivity index (χ0n) is 15.7. The van der Waals surface area contributed by atoms with Crippen LogP contribution < -0.4 is 5.32 Å². The molecule has 27 heavy (non-hydrogen) atoms. The highest BCUT2D eigenvalue weighted by molar-refractivity contribution is 5.97. The van der Waals surface area contributed by atoms with Gasteiger partial charge in [-0.05, 0) is 19.4 Å². The maximum Gasteiger partial charge on any atom is 0.326 e. The number of carbonyl (C=O) groups excluding carboxylic acids is 2. The zero-order valence-corrected chi connectivity index (χ0v) is 15.7. The van der Waals surface area contributed by atoms with Gasteiger partial charge in [0.15, 0.2) is 0 Å². The van der Waals surface area contributed by atoms with Gasteiger partial charge in [-0.1, -0.05) is 30.3 Å². The number of aromatic nitrogens is 2. The molecule has 0 radical (unpaired) electrons. The van der Waals surface area contributed by atoms with Crippen LogP contribution in [0.15, 0.2) is 36.5 Å². The summed E-state index contributed by atoms with van der Waals surface area (Å²) in [5.41, 5.74) is 2.05. The van der Waals surface area contributed by atoms with E-state index in [1.54, 1.807) is 11.6 Å². The maximum atomic E-state index is 12.9. The number of nitrogens with one attached hydrogen (secondary N) is 1. The molecule has 1 heterocycles. The quantitative estimate of drug-likeness (QED) is 0.727. The third-order valence-corrected chi connectivity index (χ3v) is 4.32.